The molecule has 2 rings (SSSR count). The summed E-state index contributed by atoms with van der Waals surface area (Å²) in [5.41, 5.74) is 0. The number of nitrogens with one attached hydrogen (secondary N) is 1. The molecule has 1 amide bonds. The molecule has 0 aromatic carbocycles. The van der Waals surface area contributed by atoms with Gasteiger partial charge in [0, 0.05) is 39.3 Å². The van der Waals surface area contributed by atoms with Crippen LogP contribution in [0, 0.1) is 0 Å². The van der Waals surface area contributed by atoms with E-state index < -0.39 is 0 Å². The molecule has 0 aliphatic carbocycles. The molecule has 0 aromatic heterocycles. The molecule has 6 heteroatoms. The first-order chi connectivity index (χ1) is 7.68. The Balaban J connectivity index is 1.99. The average Bonchev–Trinajstić information content (AvgIpc) is 2.30. The number of rotatable bonds is 1. The van der Waals surface area contributed by atoms with Gasteiger partial charge in [0.1, 0.15) is 5.16 Å². The van der Waals surface area contributed by atoms with Gasteiger partial charge in [-0.15, -0.1) is 0 Å². The van der Waals surface area contributed by atoms with Crippen LogP contribution in [0.4, 0.5) is 0 Å². The van der Waals surface area contributed by atoms with Crippen molar-refractivity contribution in [1.82, 2.24) is 15.1 Å². The number of piperazine rings is 1. The minimum absolute atomic E-state index is 0.130. The Labute approximate surface area is 99.8 Å². The number of carbonyl (C=O) groups is 1. The highest BCUT2D eigenvalue weighted by molar-refractivity contribution is 6.29. The molecule has 5 nitrogen and oxygen atoms in total. The molecular weight excluding hydrogens is 228 g/mol. The fourth-order valence-electron chi connectivity index (χ4n) is 1.86. The van der Waals surface area contributed by atoms with E-state index in [1.165, 1.54) is 0 Å². The summed E-state index contributed by atoms with van der Waals surface area (Å²) >= 11 is 6.05. The number of nitrogens with zero attached hydrogens (tertiary/aromatic N) is 3. The van der Waals surface area contributed by atoms with Crippen LogP contribution in [0.5, 0.6) is 0 Å². The summed E-state index contributed by atoms with van der Waals surface area (Å²) in [6.45, 7) is 5.31. The maximum absolute atomic E-state index is 11.2. The topological polar surface area (TPSA) is 47.9 Å². The maximum Gasteiger partial charge on any atom is 0.219 e. The molecule has 0 bridgehead atoms. The third-order valence-electron chi connectivity index (χ3n) is 2.78. The highest BCUT2D eigenvalue weighted by Gasteiger charge is 2.22. The lowest BCUT2D eigenvalue weighted by Crippen LogP contribution is -2.48. The minimum atomic E-state index is 0.130. The van der Waals surface area contributed by atoms with Crippen LogP contribution in [-0.4, -0.2) is 54.6 Å². The van der Waals surface area contributed by atoms with Crippen LogP contribution in [-0.2, 0) is 4.79 Å². The van der Waals surface area contributed by atoms with Gasteiger partial charge >= 0.3 is 0 Å². The van der Waals surface area contributed by atoms with Crippen LogP contribution in [0.15, 0.2) is 16.0 Å². The first-order valence-corrected chi connectivity index (χ1v) is 5.73. The van der Waals surface area contributed by atoms with Gasteiger partial charge in [0.25, 0.3) is 0 Å². The van der Waals surface area contributed by atoms with Crippen LogP contribution in [0.3, 0.4) is 0 Å². The number of hydrogen-bond donors (Lipinski definition) is 1. The molecule has 1 saturated heterocycles. The van der Waals surface area contributed by atoms with Crippen LogP contribution >= 0.6 is 11.6 Å². The van der Waals surface area contributed by atoms with Crippen molar-refractivity contribution in [3.63, 3.8) is 0 Å². The summed E-state index contributed by atoms with van der Waals surface area (Å²) < 4.78 is 0. The Hall–Kier alpha value is -1.23. The summed E-state index contributed by atoms with van der Waals surface area (Å²) in [6.07, 6.45) is 1.80. The third-order valence-corrected chi connectivity index (χ3v) is 3.09. The zero-order valence-electron chi connectivity index (χ0n) is 9.24. The maximum atomic E-state index is 11.2. The molecule has 88 valence electrons. The second-order valence-electron chi connectivity index (χ2n) is 3.82. The summed E-state index contributed by atoms with van der Waals surface area (Å²) in [6, 6.07) is 0. The van der Waals surface area contributed by atoms with E-state index in [-0.39, 0.29) is 5.91 Å². The molecule has 1 N–H and O–H groups in total. The molecule has 0 unspecified atom stereocenters. The molecule has 2 heterocycles. The van der Waals surface area contributed by atoms with E-state index in [4.69, 9.17) is 11.6 Å². The van der Waals surface area contributed by atoms with Gasteiger partial charge in [-0.05, 0) is 0 Å². The first kappa shape index (κ1) is 11.3. The molecular formula is C10H15ClN4O. The van der Waals surface area contributed by atoms with Gasteiger partial charge in [0.15, 0.2) is 5.82 Å². The van der Waals surface area contributed by atoms with E-state index in [9.17, 15) is 4.79 Å². The van der Waals surface area contributed by atoms with Gasteiger partial charge in [0.05, 0.1) is 6.54 Å². The standard InChI is InChI=1S/C10H15ClN4O/c1-8(16)14-4-6-15(7-5-14)10-9(11)12-2-3-13-10/h3,12H,2,4-7H2,1H3. The minimum Gasteiger partial charge on any atom is -0.368 e. The van der Waals surface area contributed by atoms with Crippen molar-refractivity contribution < 1.29 is 4.79 Å². The molecule has 0 spiro atoms. The Morgan fingerprint density at radius 3 is 2.69 bits per heavy atom. The van der Waals surface area contributed by atoms with E-state index in [2.05, 4.69) is 15.2 Å². The van der Waals surface area contributed by atoms with Crippen LogP contribution in [0.1, 0.15) is 6.92 Å². The van der Waals surface area contributed by atoms with Gasteiger partial charge in [-0.2, -0.15) is 0 Å². The molecule has 0 radical (unpaired) electrons. The SMILES string of the molecule is CC(=O)N1CCN(C2=C(Cl)NCC=N2)CC1. The van der Waals surface area contributed by atoms with Gasteiger partial charge in [0.2, 0.25) is 5.91 Å². The molecule has 0 aromatic rings. The highest BCUT2D eigenvalue weighted by atomic mass is 35.5. The number of amides is 1. The van der Waals surface area contributed by atoms with Gasteiger partial charge < -0.3 is 15.1 Å². The van der Waals surface area contributed by atoms with E-state index in [1.54, 1.807) is 13.1 Å². The predicted molar refractivity (Wildman–Crippen MR) is 63.2 cm³/mol. The summed E-state index contributed by atoms with van der Waals surface area (Å²) in [7, 11) is 0. The summed E-state index contributed by atoms with van der Waals surface area (Å²) in [5, 5.41) is 3.63. The van der Waals surface area contributed by atoms with E-state index in [0.717, 1.165) is 32.0 Å². The van der Waals surface area contributed by atoms with Crippen molar-refractivity contribution >= 4 is 23.7 Å². The normalized spacial score (nSPS) is 21.1. The van der Waals surface area contributed by atoms with Crippen molar-refractivity contribution in [3.05, 3.63) is 11.0 Å². The number of aliphatic imine (C=N–C) groups is 1. The van der Waals surface area contributed by atoms with Crippen molar-refractivity contribution in [3.8, 4) is 0 Å². The Morgan fingerprint density at radius 1 is 1.44 bits per heavy atom. The van der Waals surface area contributed by atoms with Crippen LogP contribution < -0.4 is 5.32 Å². The third kappa shape index (κ3) is 2.29. The second-order valence-corrected chi connectivity index (χ2v) is 4.20. The smallest absolute Gasteiger partial charge is 0.219 e. The highest BCUT2D eigenvalue weighted by Crippen LogP contribution is 2.17. The molecule has 16 heavy (non-hydrogen) atoms. The number of carbonyl (C=O) groups excluding carboxylic acids is 1. The van der Waals surface area contributed by atoms with E-state index in [1.807, 2.05) is 4.90 Å². The van der Waals surface area contributed by atoms with Crippen molar-refractivity contribution in [2.24, 2.45) is 4.99 Å². The number of hydrogen-bond acceptors (Lipinski definition) is 4. The van der Waals surface area contributed by atoms with Crippen molar-refractivity contribution in [2.75, 3.05) is 32.7 Å². The monoisotopic (exact) mass is 242 g/mol. The molecule has 2 aliphatic heterocycles. The zero-order valence-corrected chi connectivity index (χ0v) is 10.00. The van der Waals surface area contributed by atoms with E-state index >= 15 is 0 Å². The molecule has 2 aliphatic rings. The summed E-state index contributed by atoms with van der Waals surface area (Å²) in [4.78, 5) is 19.4. The lowest BCUT2D eigenvalue weighted by molar-refractivity contribution is -0.130. The van der Waals surface area contributed by atoms with E-state index in [0.29, 0.717) is 11.7 Å². The summed E-state index contributed by atoms with van der Waals surface area (Å²) in [5.74, 6) is 0.918. The molecule has 0 atom stereocenters. The Kier molecular flexibility index (Phi) is 3.33. The Morgan fingerprint density at radius 2 is 2.12 bits per heavy atom. The lowest BCUT2D eigenvalue weighted by atomic mass is 10.3. The van der Waals surface area contributed by atoms with Crippen LogP contribution in [0.2, 0.25) is 0 Å². The van der Waals surface area contributed by atoms with Gasteiger partial charge in [-0.1, -0.05) is 11.6 Å². The van der Waals surface area contributed by atoms with Crippen LogP contribution in [0.25, 0.3) is 0 Å². The zero-order chi connectivity index (χ0) is 11.5. The first-order valence-electron chi connectivity index (χ1n) is 5.35. The molecule has 1 fully saturated rings. The average molecular weight is 243 g/mol. The van der Waals surface area contributed by atoms with Gasteiger partial charge in [-0.3, -0.25) is 4.79 Å². The van der Waals surface area contributed by atoms with Crippen molar-refractivity contribution in [2.45, 2.75) is 6.92 Å². The number of halogens is 1. The quantitative estimate of drug-likeness (QED) is 0.668. The predicted octanol–water partition coefficient (Wildman–Crippen LogP) is 0.190. The molecule has 0 saturated carbocycles. The fourth-order valence-corrected chi connectivity index (χ4v) is 2.10. The Bertz CT molecular complexity index is 345. The second kappa shape index (κ2) is 4.74. The fraction of sp³-hybridized carbons (Fsp3) is 0.600. The largest absolute Gasteiger partial charge is 0.368 e. The van der Waals surface area contributed by atoms with Gasteiger partial charge in [-0.25, -0.2) is 4.99 Å². The lowest BCUT2D eigenvalue weighted by Gasteiger charge is -2.36. The van der Waals surface area contributed by atoms with Crippen molar-refractivity contribution in [1.29, 1.82) is 0 Å².